The molecule has 2 unspecified atom stereocenters. The minimum atomic E-state index is -0.334. The number of fused-ring (bicyclic) bond motifs is 1. The van der Waals surface area contributed by atoms with E-state index in [1.165, 1.54) is 0 Å². The van der Waals surface area contributed by atoms with Crippen LogP contribution in [0.5, 0.6) is 0 Å². The van der Waals surface area contributed by atoms with Gasteiger partial charge in [-0.1, -0.05) is 48.5 Å². The third-order valence-electron chi connectivity index (χ3n) is 3.57. The minimum absolute atomic E-state index is 0.211. The number of furan rings is 1. The molecule has 0 aliphatic carbocycles. The molecule has 3 nitrogen and oxygen atoms in total. The van der Waals surface area contributed by atoms with Crippen molar-refractivity contribution in [2.24, 2.45) is 5.73 Å². The Balaban J connectivity index is 1.95. The first kappa shape index (κ1) is 13.9. The highest BCUT2D eigenvalue weighted by molar-refractivity contribution is 5.77. The lowest BCUT2D eigenvalue weighted by Crippen LogP contribution is -2.21. The second kappa shape index (κ2) is 6.12. The van der Waals surface area contributed by atoms with E-state index < -0.39 is 0 Å². The molecule has 2 atom stereocenters. The monoisotopic (exact) mass is 281 g/mol. The summed E-state index contributed by atoms with van der Waals surface area (Å²) in [6, 6.07) is 19.6. The third-order valence-corrected chi connectivity index (χ3v) is 3.57. The predicted octanol–water partition coefficient (Wildman–Crippen LogP) is 4.21. The Bertz CT molecular complexity index is 672. The molecular formula is C18H19NO2. The van der Waals surface area contributed by atoms with Crippen LogP contribution in [0.2, 0.25) is 0 Å². The van der Waals surface area contributed by atoms with Gasteiger partial charge >= 0.3 is 0 Å². The Morgan fingerprint density at radius 1 is 1.05 bits per heavy atom. The second-order valence-electron chi connectivity index (χ2n) is 5.00. The molecule has 0 bridgehead atoms. The largest absolute Gasteiger partial charge is 0.459 e. The molecule has 0 fully saturated rings. The van der Waals surface area contributed by atoms with Crippen molar-refractivity contribution in [2.45, 2.75) is 19.1 Å². The quantitative estimate of drug-likeness (QED) is 0.762. The van der Waals surface area contributed by atoms with Crippen molar-refractivity contribution < 1.29 is 9.15 Å². The highest BCUT2D eigenvalue weighted by Gasteiger charge is 2.24. The van der Waals surface area contributed by atoms with E-state index in [0.29, 0.717) is 6.61 Å². The van der Waals surface area contributed by atoms with Crippen molar-refractivity contribution in [1.82, 2.24) is 0 Å². The van der Waals surface area contributed by atoms with Gasteiger partial charge in [-0.2, -0.15) is 0 Å². The molecular weight excluding hydrogens is 262 g/mol. The van der Waals surface area contributed by atoms with Gasteiger partial charge in [-0.05, 0) is 24.6 Å². The summed E-state index contributed by atoms with van der Waals surface area (Å²) in [5, 5.41) is 1.06. The average Bonchev–Trinajstić information content (AvgIpc) is 2.97. The number of nitrogens with two attached hydrogens (primary N) is 1. The van der Waals surface area contributed by atoms with Crippen LogP contribution < -0.4 is 5.73 Å². The van der Waals surface area contributed by atoms with Gasteiger partial charge in [-0.25, -0.2) is 0 Å². The van der Waals surface area contributed by atoms with Gasteiger partial charge < -0.3 is 14.9 Å². The average molecular weight is 281 g/mol. The fourth-order valence-corrected chi connectivity index (χ4v) is 2.55. The molecule has 108 valence electrons. The van der Waals surface area contributed by atoms with E-state index >= 15 is 0 Å². The van der Waals surface area contributed by atoms with Crippen LogP contribution in [0.1, 0.15) is 30.4 Å². The summed E-state index contributed by atoms with van der Waals surface area (Å²) in [5.74, 6) is 0.749. The molecule has 21 heavy (non-hydrogen) atoms. The van der Waals surface area contributed by atoms with Crippen LogP contribution >= 0.6 is 0 Å². The van der Waals surface area contributed by atoms with E-state index in [2.05, 4.69) is 0 Å². The van der Waals surface area contributed by atoms with E-state index in [9.17, 15) is 0 Å². The van der Waals surface area contributed by atoms with Crippen molar-refractivity contribution in [3.8, 4) is 0 Å². The summed E-state index contributed by atoms with van der Waals surface area (Å²) in [4.78, 5) is 0. The molecule has 0 amide bonds. The van der Waals surface area contributed by atoms with Crippen molar-refractivity contribution in [3.63, 3.8) is 0 Å². The normalized spacial score (nSPS) is 14.2. The van der Waals surface area contributed by atoms with Gasteiger partial charge in [0.25, 0.3) is 0 Å². The summed E-state index contributed by atoms with van der Waals surface area (Å²) in [7, 11) is 0. The molecule has 1 heterocycles. The van der Waals surface area contributed by atoms with E-state index in [-0.39, 0.29) is 12.1 Å². The number of rotatable bonds is 5. The van der Waals surface area contributed by atoms with E-state index in [4.69, 9.17) is 14.9 Å². The maximum Gasteiger partial charge on any atom is 0.134 e. The fourth-order valence-electron chi connectivity index (χ4n) is 2.55. The lowest BCUT2D eigenvalue weighted by atomic mass is 10.0. The number of benzene rings is 2. The molecule has 3 aromatic rings. The molecule has 0 saturated carbocycles. The Kier molecular flexibility index (Phi) is 4.04. The zero-order chi connectivity index (χ0) is 14.7. The first-order valence-corrected chi connectivity index (χ1v) is 7.20. The molecule has 2 N–H and O–H groups in total. The molecule has 1 aromatic heterocycles. The smallest absolute Gasteiger partial charge is 0.134 e. The van der Waals surface area contributed by atoms with Crippen LogP contribution in [0.15, 0.2) is 65.1 Å². The van der Waals surface area contributed by atoms with Gasteiger partial charge in [0.1, 0.15) is 17.4 Å². The van der Waals surface area contributed by atoms with Crippen LogP contribution in [0.3, 0.4) is 0 Å². The van der Waals surface area contributed by atoms with Crippen LogP contribution in [0.4, 0.5) is 0 Å². The maximum absolute atomic E-state index is 6.40. The SMILES string of the molecule is CCOC(c1ccccc1)C(N)c1cc2ccccc2o1. The zero-order valence-electron chi connectivity index (χ0n) is 12.0. The van der Waals surface area contributed by atoms with Crippen LogP contribution in [0, 0.1) is 0 Å². The molecule has 0 spiro atoms. The summed E-state index contributed by atoms with van der Waals surface area (Å²) < 4.78 is 11.7. The lowest BCUT2D eigenvalue weighted by molar-refractivity contribution is 0.0382. The number of hydrogen-bond acceptors (Lipinski definition) is 3. The van der Waals surface area contributed by atoms with E-state index in [1.54, 1.807) is 0 Å². The summed E-state index contributed by atoms with van der Waals surface area (Å²) in [5.41, 5.74) is 8.32. The fraction of sp³-hybridized carbons (Fsp3) is 0.222. The Hall–Kier alpha value is -2.10. The van der Waals surface area contributed by atoms with E-state index in [1.807, 2.05) is 67.6 Å². The third kappa shape index (κ3) is 2.84. The van der Waals surface area contributed by atoms with Gasteiger partial charge in [0.15, 0.2) is 0 Å². The van der Waals surface area contributed by atoms with Crippen molar-refractivity contribution >= 4 is 11.0 Å². The first-order valence-electron chi connectivity index (χ1n) is 7.20. The summed E-state index contributed by atoms with van der Waals surface area (Å²) in [6.45, 7) is 2.58. The number of ether oxygens (including phenoxy) is 1. The van der Waals surface area contributed by atoms with Crippen molar-refractivity contribution in [3.05, 3.63) is 72.0 Å². The lowest BCUT2D eigenvalue weighted by Gasteiger charge is -2.22. The van der Waals surface area contributed by atoms with Gasteiger partial charge in [-0.3, -0.25) is 0 Å². The summed E-state index contributed by atoms with van der Waals surface area (Å²) >= 11 is 0. The van der Waals surface area contributed by atoms with Crippen LogP contribution in [0.25, 0.3) is 11.0 Å². The molecule has 0 radical (unpaired) electrons. The predicted molar refractivity (Wildman–Crippen MR) is 84.0 cm³/mol. The molecule has 0 aliphatic rings. The maximum atomic E-state index is 6.40. The summed E-state index contributed by atoms with van der Waals surface area (Å²) in [6.07, 6.45) is -0.211. The van der Waals surface area contributed by atoms with Gasteiger partial charge in [-0.15, -0.1) is 0 Å². The number of hydrogen-bond donors (Lipinski definition) is 1. The van der Waals surface area contributed by atoms with Crippen LogP contribution in [-0.4, -0.2) is 6.61 Å². The molecule has 3 heteroatoms. The van der Waals surface area contributed by atoms with Gasteiger partial charge in [0, 0.05) is 12.0 Å². The van der Waals surface area contributed by atoms with Crippen LogP contribution in [-0.2, 0) is 4.74 Å². The highest BCUT2D eigenvalue weighted by Crippen LogP contribution is 2.33. The minimum Gasteiger partial charge on any atom is -0.459 e. The molecule has 0 saturated heterocycles. The standard InChI is InChI=1S/C18H19NO2/c1-2-20-18(13-8-4-3-5-9-13)17(19)16-12-14-10-6-7-11-15(14)21-16/h3-12,17-18H,2,19H2,1H3. The Morgan fingerprint density at radius 3 is 2.48 bits per heavy atom. The Morgan fingerprint density at radius 2 is 1.76 bits per heavy atom. The molecule has 2 aromatic carbocycles. The van der Waals surface area contributed by atoms with E-state index in [0.717, 1.165) is 22.3 Å². The zero-order valence-corrected chi connectivity index (χ0v) is 12.0. The van der Waals surface area contributed by atoms with Gasteiger partial charge in [0.05, 0.1) is 6.04 Å². The second-order valence-corrected chi connectivity index (χ2v) is 5.00. The Labute approximate surface area is 124 Å². The van der Waals surface area contributed by atoms with Crippen molar-refractivity contribution in [1.29, 1.82) is 0 Å². The molecule has 0 aliphatic heterocycles. The highest BCUT2D eigenvalue weighted by atomic mass is 16.5. The topological polar surface area (TPSA) is 48.4 Å². The number of para-hydroxylation sites is 1. The molecule has 3 rings (SSSR count). The van der Waals surface area contributed by atoms with Gasteiger partial charge in [0.2, 0.25) is 0 Å². The van der Waals surface area contributed by atoms with Crippen molar-refractivity contribution in [2.75, 3.05) is 6.61 Å². The first-order chi connectivity index (χ1) is 10.3.